The highest BCUT2D eigenvalue weighted by Gasteiger charge is 2.41. The van der Waals surface area contributed by atoms with Crippen molar-refractivity contribution in [2.24, 2.45) is 0 Å². The van der Waals surface area contributed by atoms with Crippen LogP contribution < -0.4 is 11.1 Å². The van der Waals surface area contributed by atoms with Gasteiger partial charge in [-0.15, -0.1) is 0 Å². The van der Waals surface area contributed by atoms with Crippen LogP contribution in [0.5, 0.6) is 0 Å². The van der Waals surface area contributed by atoms with E-state index in [9.17, 15) is 4.79 Å². The number of anilines is 1. The fourth-order valence-electron chi connectivity index (χ4n) is 2.65. The number of hydrogen-bond donors (Lipinski definition) is 2. The van der Waals surface area contributed by atoms with Crippen molar-refractivity contribution >= 4 is 11.6 Å². The van der Waals surface area contributed by atoms with Crippen molar-refractivity contribution in [3.05, 3.63) is 24.0 Å². The van der Waals surface area contributed by atoms with E-state index >= 15 is 0 Å². The molecule has 17 heavy (non-hydrogen) atoms. The van der Waals surface area contributed by atoms with Gasteiger partial charge in [0.25, 0.3) is 5.91 Å². The topological polar surface area (TPSA) is 77.2 Å². The highest BCUT2D eigenvalue weighted by atomic mass is 16.5. The summed E-state index contributed by atoms with van der Waals surface area (Å²) in [4.78, 5) is 15.9. The van der Waals surface area contributed by atoms with Crippen molar-refractivity contribution < 1.29 is 9.53 Å². The lowest BCUT2D eigenvalue weighted by atomic mass is 9.95. The number of carbonyl (C=O) groups is 1. The SMILES string of the molecule is Nc1cnccc1C(=O)NC1CC2CCC1O2. The smallest absolute Gasteiger partial charge is 0.253 e. The second-order valence-electron chi connectivity index (χ2n) is 4.65. The molecule has 0 spiro atoms. The number of amides is 1. The third-order valence-electron chi connectivity index (χ3n) is 3.52. The molecule has 2 bridgehead atoms. The molecule has 90 valence electrons. The number of pyridine rings is 1. The molecule has 3 atom stereocenters. The number of nitrogens with zero attached hydrogens (tertiary/aromatic N) is 1. The first kappa shape index (κ1) is 10.5. The Kier molecular flexibility index (Phi) is 2.48. The molecule has 1 aromatic rings. The summed E-state index contributed by atoms with van der Waals surface area (Å²) >= 11 is 0. The Morgan fingerprint density at radius 2 is 2.41 bits per heavy atom. The van der Waals surface area contributed by atoms with Crippen molar-refractivity contribution in [2.45, 2.75) is 37.5 Å². The van der Waals surface area contributed by atoms with Crippen LogP contribution in [0, 0.1) is 0 Å². The number of nitrogen functional groups attached to an aromatic ring is 1. The Morgan fingerprint density at radius 3 is 3.06 bits per heavy atom. The highest BCUT2D eigenvalue weighted by molar-refractivity contribution is 5.99. The predicted octanol–water partition coefficient (Wildman–Crippen LogP) is 0.714. The van der Waals surface area contributed by atoms with Crippen LogP contribution in [0.2, 0.25) is 0 Å². The average Bonchev–Trinajstić information content (AvgIpc) is 2.91. The van der Waals surface area contributed by atoms with Gasteiger partial charge in [0.05, 0.1) is 35.7 Å². The van der Waals surface area contributed by atoms with Crippen LogP contribution >= 0.6 is 0 Å². The Hall–Kier alpha value is -1.62. The van der Waals surface area contributed by atoms with Gasteiger partial charge in [0, 0.05) is 6.20 Å². The van der Waals surface area contributed by atoms with Gasteiger partial charge in [0.15, 0.2) is 0 Å². The summed E-state index contributed by atoms with van der Waals surface area (Å²) in [6.45, 7) is 0. The van der Waals surface area contributed by atoms with Crippen LogP contribution in [0.25, 0.3) is 0 Å². The van der Waals surface area contributed by atoms with E-state index in [-0.39, 0.29) is 18.1 Å². The van der Waals surface area contributed by atoms with Gasteiger partial charge >= 0.3 is 0 Å². The van der Waals surface area contributed by atoms with Gasteiger partial charge in [0.2, 0.25) is 0 Å². The summed E-state index contributed by atoms with van der Waals surface area (Å²) in [7, 11) is 0. The lowest BCUT2D eigenvalue weighted by molar-refractivity contribution is 0.0841. The Balaban J connectivity index is 1.70. The molecule has 3 heterocycles. The third kappa shape index (κ3) is 1.86. The number of nitrogens with one attached hydrogen (secondary N) is 1. The van der Waals surface area contributed by atoms with Crippen molar-refractivity contribution in [3.8, 4) is 0 Å². The lowest BCUT2D eigenvalue weighted by Gasteiger charge is -2.20. The lowest BCUT2D eigenvalue weighted by Crippen LogP contribution is -2.41. The van der Waals surface area contributed by atoms with Crippen LogP contribution in [0.3, 0.4) is 0 Å². The minimum Gasteiger partial charge on any atom is -0.397 e. The Labute approximate surface area is 99.4 Å². The predicted molar refractivity (Wildman–Crippen MR) is 62.4 cm³/mol. The molecule has 5 heteroatoms. The standard InChI is InChI=1S/C12H15N3O2/c13-9-6-14-4-3-8(9)12(16)15-10-5-7-1-2-11(10)17-7/h3-4,6-7,10-11H,1-2,5,13H2,(H,15,16). The number of nitrogens with two attached hydrogens (primary N) is 1. The second-order valence-corrected chi connectivity index (χ2v) is 4.65. The van der Waals surface area contributed by atoms with Crippen molar-refractivity contribution in [3.63, 3.8) is 0 Å². The molecule has 1 amide bonds. The highest BCUT2D eigenvalue weighted by Crippen LogP contribution is 2.34. The molecule has 0 aromatic carbocycles. The molecule has 2 saturated heterocycles. The zero-order valence-electron chi connectivity index (χ0n) is 9.43. The maximum atomic E-state index is 12.0. The molecule has 2 aliphatic rings. The van der Waals surface area contributed by atoms with Crippen LogP contribution in [0.4, 0.5) is 5.69 Å². The van der Waals surface area contributed by atoms with Crippen LogP contribution in [-0.4, -0.2) is 29.1 Å². The van der Waals surface area contributed by atoms with E-state index in [0.29, 0.717) is 17.4 Å². The molecular formula is C12H15N3O2. The van der Waals surface area contributed by atoms with E-state index < -0.39 is 0 Å². The first-order valence-corrected chi connectivity index (χ1v) is 5.90. The van der Waals surface area contributed by atoms with E-state index in [2.05, 4.69) is 10.3 Å². The van der Waals surface area contributed by atoms with Gasteiger partial charge in [-0.05, 0) is 25.3 Å². The normalized spacial score (nSPS) is 30.5. The fourth-order valence-corrected chi connectivity index (χ4v) is 2.65. The number of carbonyl (C=O) groups excluding carboxylic acids is 1. The Morgan fingerprint density at radius 1 is 1.53 bits per heavy atom. The zero-order valence-corrected chi connectivity index (χ0v) is 9.43. The molecule has 3 unspecified atom stereocenters. The zero-order chi connectivity index (χ0) is 11.8. The van der Waals surface area contributed by atoms with Gasteiger partial charge in [-0.1, -0.05) is 0 Å². The minimum atomic E-state index is -0.133. The molecule has 0 radical (unpaired) electrons. The first-order valence-electron chi connectivity index (χ1n) is 5.90. The van der Waals surface area contributed by atoms with Crippen LogP contribution in [0.1, 0.15) is 29.6 Å². The number of ether oxygens (including phenoxy) is 1. The Bertz CT molecular complexity index is 449. The summed E-state index contributed by atoms with van der Waals surface area (Å²) in [6, 6.07) is 1.77. The number of aromatic nitrogens is 1. The van der Waals surface area contributed by atoms with Gasteiger partial charge < -0.3 is 15.8 Å². The summed E-state index contributed by atoms with van der Waals surface area (Å²) < 4.78 is 5.69. The fraction of sp³-hybridized carbons (Fsp3) is 0.500. The molecule has 3 rings (SSSR count). The maximum Gasteiger partial charge on any atom is 0.253 e. The summed E-state index contributed by atoms with van der Waals surface area (Å²) in [5.74, 6) is -0.133. The van der Waals surface area contributed by atoms with E-state index in [1.165, 1.54) is 6.20 Å². The van der Waals surface area contributed by atoms with Crippen molar-refractivity contribution in [1.29, 1.82) is 0 Å². The van der Waals surface area contributed by atoms with E-state index in [1.54, 1.807) is 12.3 Å². The van der Waals surface area contributed by atoms with E-state index in [0.717, 1.165) is 19.3 Å². The molecule has 0 aliphatic carbocycles. The van der Waals surface area contributed by atoms with Gasteiger partial charge in [-0.3, -0.25) is 9.78 Å². The second kappa shape index (κ2) is 4.00. The quantitative estimate of drug-likeness (QED) is 0.788. The molecular weight excluding hydrogens is 218 g/mol. The molecule has 3 N–H and O–H groups in total. The van der Waals surface area contributed by atoms with Gasteiger partial charge in [-0.2, -0.15) is 0 Å². The van der Waals surface area contributed by atoms with Crippen LogP contribution in [-0.2, 0) is 4.74 Å². The first-order chi connectivity index (χ1) is 8.24. The number of hydrogen-bond acceptors (Lipinski definition) is 4. The monoisotopic (exact) mass is 233 g/mol. The molecule has 0 saturated carbocycles. The summed E-state index contributed by atoms with van der Waals surface area (Å²) in [5, 5.41) is 3.00. The maximum absolute atomic E-state index is 12.0. The van der Waals surface area contributed by atoms with Gasteiger partial charge in [-0.25, -0.2) is 0 Å². The minimum absolute atomic E-state index is 0.133. The summed E-state index contributed by atoms with van der Waals surface area (Å²) in [5.41, 5.74) is 6.62. The molecule has 2 fully saturated rings. The summed E-state index contributed by atoms with van der Waals surface area (Å²) in [6.07, 6.45) is 6.67. The molecule has 1 aromatic heterocycles. The number of rotatable bonds is 2. The van der Waals surface area contributed by atoms with Gasteiger partial charge in [0.1, 0.15) is 0 Å². The van der Waals surface area contributed by atoms with Crippen molar-refractivity contribution in [2.75, 3.05) is 5.73 Å². The van der Waals surface area contributed by atoms with E-state index in [1.807, 2.05) is 0 Å². The average molecular weight is 233 g/mol. The molecule has 5 nitrogen and oxygen atoms in total. The largest absolute Gasteiger partial charge is 0.397 e. The molecule has 2 aliphatic heterocycles. The third-order valence-corrected chi connectivity index (χ3v) is 3.52. The van der Waals surface area contributed by atoms with Crippen molar-refractivity contribution in [1.82, 2.24) is 10.3 Å². The van der Waals surface area contributed by atoms with E-state index in [4.69, 9.17) is 10.5 Å². The number of fused-ring (bicyclic) bond motifs is 2. The van der Waals surface area contributed by atoms with Crippen LogP contribution in [0.15, 0.2) is 18.5 Å².